The van der Waals surface area contributed by atoms with E-state index < -0.39 is 23.1 Å². The van der Waals surface area contributed by atoms with Crippen LogP contribution in [0, 0.1) is 11.6 Å². The number of nitrogens with one attached hydrogen (secondary N) is 1. The molecule has 104 valence electrons. The Balaban J connectivity index is 2.22. The molecule has 0 heterocycles. The summed E-state index contributed by atoms with van der Waals surface area (Å²) in [6, 6.07) is 1.61. The average molecular weight is 308 g/mol. The van der Waals surface area contributed by atoms with E-state index in [9.17, 15) is 13.6 Å². The number of halogens is 4. The molecule has 1 aromatic carbocycles. The molecule has 0 atom stereocenters. The van der Waals surface area contributed by atoms with Gasteiger partial charge in [-0.2, -0.15) is 0 Å². The number of benzene rings is 1. The first-order valence-corrected chi connectivity index (χ1v) is 6.92. The first-order valence-electron chi connectivity index (χ1n) is 6.00. The van der Waals surface area contributed by atoms with Crippen molar-refractivity contribution in [1.29, 1.82) is 0 Å². The minimum atomic E-state index is -0.841. The number of rotatable bonds is 3. The molecule has 1 N–H and O–H groups in total. The van der Waals surface area contributed by atoms with Crippen molar-refractivity contribution in [3.05, 3.63) is 34.4 Å². The third kappa shape index (κ3) is 3.00. The fourth-order valence-electron chi connectivity index (χ4n) is 2.35. The standard InChI is InChI=1S/C13H13Cl2F2NO/c14-7-13(3-1-2-4-13)18-12(19)8-5-11(17)9(15)6-10(8)16/h5-6H,1-4,7H2,(H,18,19). The van der Waals surface area contributed by atoms with Crippen LogP contribution in [0.4, 0.5) is 8.78 Å². The molecule has 19 heavy (non-hydrogen) atoms. The van der Waals surface area contributed by atoms with Gasteiger partial charge in [-0.25, -0.2) is 8.78 Å². The zero-order chi connectivity index (χ0) is 14.0. The van der Waals surface area contributed by atoms with Crippen LogP contribution in [-0.4, -0.2) is 17.3 Å². The maximum absolute atomic E-state index is 13.6. The van der Waals surface area contributed by atoms with Crippen LogP contribution in [0.15, 0.2) is 12.1 Å². The quantitative estimate of drug-likeness (QED) is 0.666. The van der Waals surface area contributed by atoms with E-state index in [-0.39, 0.29) is 16.5 Å². The van der Waals surface area contributed by atoms with Crippen molar-refractivity contribution in [3.8, 4) is 0 Å². The zero-order valence-electron chi connectivity index (χ0n) is 10.1. The largest absolute Gasteiger partial charge is 0.345 e. The molecule has 0 bridgehead atoms. The Morgan fingerprint density at radius 1 is 1.26 bits per heavy atom. The predicted octanol–water partition coefficient (Wildman–Crippen LogP) is 3.90. The van der Waals surface area contributed by atoms with Gasteiger partial charge in [0.1, 0.15) is 11.6 Å². The Bertz CT molecular complexity index is 502. The molecule has 0 aliphatic heterocycles. The molecule has 0 unspecified atom stereocenters. The molecule has 1 aromatic rings. The second kappa shape index (κ2) is 5.63. The third-order valence-electron chi connectivity index (χ3n) is 3.45. The predicted molar refractivity (Wildman–Crippen MR) is 70.8 cm³/mol. The van der Waals surface area contributed by atoms with Gasteiger partial charge in [-0.05, 0) is 25.0 Å². The van der Waals surface area contributed by atoms with Gasteiger partial charge in [0, 0.05) is 5.88 Å². The van der Waals surface area contributed by atoms with E-state index in [2.05, 4.69) is 5.32 Å². The number of carbonyl (C=O) groups excluding carboxylic acids is 1. The highest BCUT2D eigenvalue weighted by Crippen LogP contribution is 2.31. The molecule has 0 aromatic heterocycles. The lowest BCUT2D eigenvalue weighted by Crippen LogP contribution is -2.48. The Labute approximate surface area is 120 Å². The molecular formula is C13H13Cl2F2NO. The van der Waals surface area contributed by atoms with Crippen molar-refractivity contribution in [1.82, 2.24) is 5.32 Å². The molecule has 1 aliphatic rings. The van der Waals surface area contributed by atoms with Crippen LogP contribution in [0.1, 0.15) is 36.0 Å². The summed E-state index contributed by atoms with van der Waals surface area (Å²) in [5.41, 5.74) is -0.862. The number of alkyl halides is 1. The van der Waals surface area contributed by atoms with Crippen LogP contribution in [0.3, 0.4) is 0 Å². The van der Waals surface area contributed by atoms with E-state index in [0.29, 0.717) is 0 Å². The van der Waals surface area contributed by atoms with Gasteiger partial charge in [0.25, 0.3) is 5.91 Å². The zero-order valence-corrected chi connectivity index (χ0v) is 11.6. The van der Waals surface area contributed by atoms with Crippen LogP contribution in [-0.2, 0) is 0 Å². The van der Waals surface area contributed by atoms with Crippen LogP contribution in [0.2, 0.25) is 5.02 Å². The molecule has 6 heteroatoms. The van der Waals surface area contributed by atoms with Gasteiger partial charge in [0.2, 0.25) is 0 Å². The molecule has 1 saturated carbocycles. The summed E-state index contributed by atoms with van der Waals surface area (Å²) < 4.78 is 26.9. The van der Waals surface area contributed by atoms with E-state index in [4.69, 9.17) is 23.2 Å². The maximum atomic E-state index is 13.6. The number of amides is 1. The van der Waals surface area contributed by atoms with Crippen LogP contribution < -0.4 is 5.32 Å². The van der Waals surface area contributed by atoms with Gasteiger partial charge in [0.05, 0.1) is 16.1 Å². The van der Waals surface area contributed by atoms with Gasteiger partial charge in [0.15, 0.2) is 0 Å². The molecular weight excluding hydrogens is 295 g/mol. The number of hydrogen-bond donors (Lipinski definition) is 1. The minimum Gasteiger partial charge on any atom is -0.345 e. The van der Waals surface area contributed by atoms with Gasteiger partial charge in [-0.1, -0.05) is 24.4 Å². The monoisotopic (exact) mass is 307 g/mol. The molecule has 2 rings (SSSR count). The summed E-state index contributed by atoms with van der Waals surface area (Å²) in [6.45, 7) is 0. The van der Waals surface area contributed by atoms with Crippen molar-refractivity contribution < 1.29 is 13.6 Å². The van der Waals surface area contributed by atoms with E-state index >= 15 is 0 Å². The Morgan fingerprint density at radius 2 is 1.89 bits per heavy atom. The molecule has 1 amide bonds. The molecule has 1 fully saturated rings. The van der Waals surface area contributed by atoms with E-state index in [1.807, 2.05) is 0 Å². The van der Waals surface area contributed by atoms with Crippen molar-refractivity contribution in [2.45, 2.75) is 31.2 Å². The number of carbonyl (C=O) groups is 1. The van der Waals surface area contributed by atoms with E-state index in [1.54, 1.807) is 0 Å². The van der Waals surface area contributed by atoms with Crippen LogP contribution >= 0.6 is 23.2 Å². The van der Waals surface area contributed by atoms with Crippen LogP contribution in [0.25, 0.3) is 0 Å². The fraction of sp³-hybridized carbons (Fsp3) is 0.462. The van der Waals surface area contributed by atoms with E-state index in [0.717, 1.165) is 37.8 Å². The second-order valence-electron chi connectivity index (χ2n) is 4.82. The lowest BCUT2D eigenvalue weighted by Gasteiger charge is -2.28. The van der Waals surface area contributed by atoms with Crippen molar-refractivity contribution in [3.63, 3.8) is 0 Å². The highest BCUT2D eigenvalue weighted by molar-refractivity contribution is 6.30. The molecule has 1 aliphatic carbocycles. The van der Waals surface area contributed by atoms with E-state index in [1.165, 1.54) is 0 Å². The van der Waals surface area contributed by atoms with Gasteiger partial charge < -0.3 is 5.32 Å². The van der Waals surface area contributed by atoms with Crippen molar-refractivity contribution in [2.24, 2.45) is 0 Å². The topological polar surface area (TPSA) is 29.1 Å². The lowest BCUT2D eigenvalue weighted by molar-refractivity contribution is 0.0904. The minimum absolute atomic E-state index is 0.260. The summed E-state index contributed by atoms with van der Waals surface area (Å²) >= 11 is 11.3. The van der Waals surface area contributed by atoms with Gasteiger partial charge in [-0.3, -0.25) is 4.79 Å². The fourth-order valence-corrected chi connectivity index (χ4v) is 2.83. The van der Waals surface area contributed by atoms with Gasteiger partial charge in [-0.15, -0.1) is 11.6 Å². The average Bonchev–Trinajstić information content (AvgIpc) is 2.83. The Hall–Kier alpha value is -0.870. The second-order valence-corrected chi connectivity index (χ2v) is 5.50. The Morgan fingerprint density at radius 3 is 2.47 bits per heavy atom. The first-order chi connectivity index (χ1) is 8.97. The molecule has 2 nitrogen and oxygen atoms in total. The van der Waals surface area contributed by atoms with Crippen molar-refractivity contribution in [2.75, 3.05) is 5.88 Å². The summed E-state index contributed by atoms with van der Waals surface area (Å²) in [6.07, 6.45) is 3.43. The highest BCUT2D eigenvalue weighted by Gasteiger charge is 2.35. The third-order valence-corrected chi connectivity index (χ3v) is 4.25. The van der Waals surface area contributed by atoms with Gasteiger partial charge >= 0.3 is 0 Å². The molecule has 0 spiro atoms. The molecule has 0 radical (unpaired) electrons. The summed E-state index contributed by atoms with van der Waals surface area (Å²) in [4.78, 5) is 12.0. The highest BCUT2D eigenvalue weighted by atomic mass is 35.5. The summed E-state index contributed by atoms with van der Waals surface area (Å²) in [5.74, 6) is -2.06. The molecule has 0 saturated heterocycles. The summed E-state index contributed by atoms with van der Waals surface area (Å²) in [7, 11) is 0. The summed E-state index contributed by atoms with van der Waals surface area (Å²) in [5, 5.41) is 2.38. The van der Waals surface area contributed by atoms with Crippen LogP contribution in [0.5, 0.6) is 0 Å². The smallest absolute Gasteiger partial charge is 0.254 e. The van der Waals surface area contributed by atoms with Crippen molar-refractivity contribution >= 4 is 29.1 Å². The SMILES string of the molecule is O=C(NC1(CCl)CCCC1)c1cc(F)c(Cl)cc1F. The first kappa shape index (κ1) is 14.5. The number of hydrogen-bond acceptors (Lipinski definition) is 1. The Kier molecular flexibility index (Phi) is 4.31. The maximum Gasteiger partial charge on any atom is 0.254 e. The normalized spacial score (nSPS) is 17.5. The lowest BCUT2D eigenvalue weighted by atomic mass is 9.99.